The number of piperidine rings is 1. The molecule has 0 N–H and O–H groups in total. The van der Waals surface area contributed by atoms with Crippen LogP contribution in [0, 0.1) is 5.41 Å². The molecule has 2 nitrogen and oxygen atoms in total. The Hall–Kier alpha value is -1.40. The first kappa shape index (κ1) is 13.6. The lowest BCUT2D eigenvalue weighted by atomic mass is 9.94. The van der Waals surface area contributed by atoms with E-state index < -0.39 is 23.2 Å². The monoisotopic (exact) mass is 292 g/mol. The second-order valence-corrected chi connectivity index (χ2v) is 5.57. The van der Waals surface area contributed by atoms with Gasteiger partial charge in [0.05, 0.1) is 5.41 Å². The van der Waals surface area contributed by atoms with E-state index in [-0.39, 0.29) is 18.8 Å². The van der Waals surface area contributed by atoms with Crippen molar-refractivity contribution in [2.45, 2.75) is 31.4 Å². The summed E-state index contributed by atoms with van der Waals surface area (Å²) in [6.45, 7) is 0.542. The number of rotatable bonds is 1. The summed E-state index contributed by atoms with van der Waals surface area (Å²) in [7, 11) is 0. The third-order valence-electron chi connectivity index (χ3n) is 4.14. The first-order valence-electron chi connectivity index (χ1n) is 6.41. The van der Waals surface area contributed by atoms with Crippen molar-refractivity contribution < 1.29 is 22.0 Å². The predicted molar refractivity (Wildman–Crippen MR) is 62.7 cm³/mol. The minimum Gasteiger partial charge on any atom is -0.356 e. The molecule has 0 bridgehead atoms. The average molecular weight is 292 g/mol. The molecule has 0 amide bonds. The van der Waals surface area contributed by atoms with E-state index in [1.54, 1.807) is 4.90 Å². The Bertz CT molecular complexity index is 528. The van der Waals surface area contributed by atoms with Crippen molar-refractivity contribution in [2.24, 2.45) is 5.41 Å². The minimum atomic E-state index is -4.52. The van der Waals surface area contributed by atoms with Gasteiger partial charge in [-0.15, -0.1) is 0 Å². The fourth-order valence-corrected chi connectivity index (χ4v) is 2.91. The van der Waals surface area contributed by atoms with Crippen LogP contribution in [0.4, 0.5) is 27.8 Å². The molecule has 2 aliphatic rings. The van der Waals surface area contributed by atoms with Crippen molar-refractivity contribution in [3.8, 4) is 0 Å². The van der Waals surface area contributed by atoms with Gasteiger partial charge in [-0.1, -0.05) is 6.07 Å². The molecule has 0 radical (unpaired) electrons. The van der Waals surface area contributed by atoms with E-state index in [4.69, 9.17) is 0 Å². The van der Waals surface area contributed by atoms with Gasteiger partial charge >= 0.3 is 6.18 Å². The fraction of sp³-hybridized carbons (Fsp3) is 0.615. The molecule has 1 atom stereocenters. The highest BCUT2D eigenvalue weighted by atomic mass is 19.4. The quantitative estimate of drug-likeness (QED) is 0.733. The first-order valence-corrected chi connectivity index (χ1v) is 6.41. The third-order valence-corrected chi connectivity index (χ3v) is 4.14. The predicted octanol–water partition coefficient (Wildman–Crippen LogP) is 3.73. The summed E-state index contributed by atoms with van der Waals surface area (Å²) in [5.74, 6) is -2.56. The van der Waals surface area contributed by atoms with Crippen molar-refractivity contribution in [1.82, 2.24) is 4.98 Å². The van der Waals surface area contributed by atoms with E-state index in [2.05, 4.69) is 4.98 Å². The van der Waals surface area contributed by atoms with Gasteiger partial charge in [0.1, 0.15) is 11.5 Å². The van der Waals surface area contributed by atoms with Crippen LogP contribution in [-0.2, 0) is 6.18 Å². The molecule has 20 heavy (non-hydrogen) atoms. The number of aromatic nitrogens is 1. The maximum atomic E-state index is 13.4. The zero-order chi connectivity index (χ0) is 14.6. The van der Waals surface area contributed by atoms with Gasteiger partial charge in [-0.2, -0.15) is 13.2 Å². The van der Waals surface area contributed by atoms with E-state index in [0.717, 1.165) is 6.07 Å². The normalized spacial score (nSPS) is 28.8. The summed E-state index contributed by atoms with van der Waals surface area (Å²) in [5, 5.41) is 0. The Morgan fingerprint density at radius 2 is 1.90 bits per heavy atom. The van der Waals surface area contributed by atoms with Gasteiger partial charge in [0, 0.05) is 19.5 Å². The molecule has 3 rings (SSSR count). The third kappa shape index (κ3) is 2.13. The van der Waals surface area contributed by atoms with Crippen molar-refractivity contribution in [3.63, 3.8) is 0 Å². The summed E-state index contributed by atoms with van der Waals surface area (Å²) >= 11 is 0. The summed E-state index contributed by atoms with van der Waals surface area (Å²) in [4.78, 5) is 5.11. The number of anilines is 1. The van der Waals surface area contributed by atoms with Crippen LogP contribution in [0.3, 0.4) is 0 Å². The Kier molecular flexibility index (Phi) is 2.75. The van der Waals surface area contributed by atoms with Gasteiger partial charge in [0.2, 0.25) is 0 Å². The maximum Gasteiger partial charge on any atom is 0.433 e. The second kappa shape index (κ2) is 4.05. The van der Waals surface area contributed by atoms with Gasteiger partial charge < -0.3 is 4.90 Å². The zero-order valence-electron chi connectivity index (χ0n) is 10.6. The summed E-state index contributed by atoms with van der Waals surface area (Å²) < 4.78 is 64.7. The van der Waals surface area contributed by atoms with Crippen molar-refractivity contribution in [2.75, 3.05) is 18.0 Å². The molecule has 1 aromatic heterocycles. The Balaban J connectivity index is 1.83. The highest BCUT2D eigenvalue weighted by Crippen LogP contribution is 2.64. The standard InChI is InChI=1S/C13H13F5N2/c14-12(15)7-11(12)5-2-6-20(8-11)10-4-1-3-9(19-10)13(16,17)18/h1,3-4H,2,5-8H2. The molecule has 2 fully saturated rings. The molecular formula is C13H13F5N2. The molecule has 0 aromatic carbocycles. The van der Waals surface area contributed by atoms with Gasteiger partial charge in [-0.05, 0) is 25.0 Å². The molecule has 1 spiro atoms. The molecule has 1 aromatic rings. The van der Waals surface area contributed by atoms with Gasteiger partial charge in [0.25, 0.3) is 5.92 Å². The van der Waals surface area contributed by atoms with Crippen LogP contribution in [0.25, 0.3) is 0 Å². The SMILES string of the molecule is FC(F)(F)c1cccc(N2CCCC3(C2)CC3(F)F)n1. The van der Waals surface area contributed by atoms with Crippen LogP contribution in [0.5, 0.6) is 0 Å². The van der Waals surface area contributed by atoms with E-state index in [1.165, 1.54) is 12.1 Å². The van der Waals surface area contributed by atoms with Crippen molar-refractivity contribution in [3.05, 3.63) is 23.9 Å². The summed E-state index contributed by atoms with van der Waals surface area (Å²) in [6.07, 6.45) is -3.72. The molecule has 2 heterocycles. The van der Waals surface area contributed by atoms with Crippen LogP contribution in [0.1, 0.15) is 25.0 Å². The molecule has 1 saturated carbocycles. The van der Waals surface area contributed by atoms with Crippen LogP contribution in [0.2, 0.25) is 0 Å². The number of pyridine rings is 1. The number of halogens is 5. The van der Waals surface area contributed by atoms with E-state index in [0.29, 0.717) is 19.4 Å². The molecule has 1 unspecified atom stereocenters. The van der Waals surface area contributed by atoms with Gasteiger partial charge in [-0.3, -0.25) is 0 Å². The number of alkyl halides is 5. The largest absolute Gasteiger partial charge is 0.433 e. The van der Waals surface area contributed by atoms with Gasteiger partial charge in [0.15, 0.2) is 0 Å². The van der Waals surface area contributed by atoms with E-state index >= 15 is 0 Å². The summed E-state index contributed by atoms with van der Waals surface area (Å²) in [5.41, 5.74) is -2.04. The van der Waals surface area contributed by atoms with Crippen LogP contribution < -0.4 is 4.90 Å². The minimum absolute atomic E-state index is 0.0777. The molecular weight excluding hydrogens is 279 g/mol. The number of hydrogen-bond acceptors (Lipinski definition) is 2. The lowest BCUT2D eigenvalue weighted by molar-refractivity contribution is -0.141. The summed E-state index contributed by atoms with van der Waals surface area (Å²) in [6, 6.07) is 3.58. The van der Waals surface area contributed by atoms with Crippen molar-refractivity contribution in [1.29, 1.82) is 0 Å². The molecule has 7 heteroatoms. The Morgan fingerprint density at radius 1 is 1.20 bits per heavy atom. The highest BCUT2D eigenvalue weighted by molar-refractivity contribution is 5.42. The Morgan fingerprint density at radius 3 is 2.50 bits per heavy atom. The average Bonchev–Trinajstić information content (AvgIpc) is 2.88. The smallest absolute Gasteiger partial charge is 0.356 e. The van der Waals surface area contributed by atoms with Crippen LogP contribution in [-0.4, -0.2) is 24.0 Å². The number of hydrogen-bond donors (Lipinski definition) is 0. The maximum absolute atomic E-state index is 13.4. The fourth-order valence-electron chi connectivity index (χ4n) is 2.91. The lowest BCUT2D eigenvalue weighted by Crippen LogP contribution is -2.39. The zero-order valence-corrected chi connectivity index (χ0v) is 10.6. The number of nitrogens with zero attached hydrogens (tertiary/aromatic N) is 2. The second-order valence-electron chi connectivity index (χ2n) is 5.57. The van der Waals surface area contributed by atoms with E-state index in [1.807, 2.05) is 0 Å². The highest BCUT2D eigenvalue weighted by Gasteiger charge is 2.71. The van der Waals surface area contributed by atoms with Crippen molar-refractivity contribution >= 4 is 5.82 Å². The molecule has 1 saturated heterocycles. The molecule has 1 aliphatic carbocycles. The van der Waals surface area contributed by atoms with E-state index in [9.17, 15) is 22.0 Å². The van der Waals surface area contributed by atoms with Crippen LogP contribution >= 0.6 is 0 Å². The topological polar surface area (TPSA) is 16.1 Å². The first-order chi connectivity index (χ1) is 9.24. The Labute approximate surface area is 112 Å². The van der Waals surface area contributed by atoms with Crippen LogP contribution in [0.15, 0.2) is 18.2 Å². The molecule has 110 valence electrons. The molecule has 1 aliphatic heterocycles. The van der Waals surface area contributed by atoms with Gasteiger partial charge in [-0.25, -0.2) is 13.8 Å². The lowest BCUT2D eigenvalue weighted by Gasteiger charge is -2.34.